The van der Waals surface area contributed by atoms with Crippen molar-refractivity contribution >= 4 is 5.91 Å². The van der Waals surface area contributed by atoms with Crippen molar-refractivity contribution in [1.29, 1.82) is 0 Å². The molecular formula is C8H16N2O2. The number of amides is 1. The topological polar surface area (TPSA) is 66.6 Å². The summed E-state index contributed by atoms with van der Waals surface area (Å²) in [5.74, 6) is -0.265. The van der Waals surface area contributed by atoms with Gasteiger partial charge in [-0.3, -0.25) is 9.69 Å². The molecule has 1 heterocycles. The highest BCUT2D eigenvalue weighted by Crippen LogP contribution is 2.16. The summed E-state index contributed by atoms with van der Waals surface area (Å²) in [7, 11) is 0. The molecule has 4 heteroatoms. The summed E-state index contributed by atoms with van der Waals surface area (Å²) in [6.45, 7) is 1.87. The van der Waals surface area contributed by atoms with Crippen LogP contribution in [-0.2, 0) is 4.79 Å². The maximum absolute atomic E-state index is 10.5. The van der Waals surface area contributed by atoms with Crippen LogP contribution in [0.3, 0.4) is 0 Å². The van der Waals surface area contributed by atoms with Gasteiger partial charge in [0, 0.05) is 19.0 Å². The molecule has 3 N–H and O–H groups in total. The average Bonchev–Trinajstić information content (AvgIpc) is 2.47. The third kappa shape index (κ3) is 2.46. The van der Waals surface area contributed by atoms with E-state index < -0.39 is 0 Å². The van der Waals surface area contributed by atoms with E-state index in [2.05, 4.69) is 4.90 Å². The molecule has 0 bridgehead atoms. The highest BCUT2D eigenvalue weighted by molar-refractivity contribution is 5.73. The molecule has 12 heavy (non-hydrogen) atoms. The molecule has 4 nitrogen and oxygen atoms in total. The molecule has 1 aliphatic rings. The molecule has 0 saturated carbocycles. The molecule has 70 valence electrons. The van der Waals surface area contributed by atoms with Crippen molar-refractivity contribution in [2.45, 2.75) is 25.3 Å². The molecule has 0 aromatic rings. The summed E-state index contributed by atoms with van der Waals surface area (Å²) < 4.78 is 0. The van der Waals surface area contributed by atoms with Gasteiger partial charge >= 0.3 is 0 Å². The molecule has 0 aliphatic carbocycles. The SMILES string of the molecule is NC(=O)CCN1CCC[C@@H]1CO. The fourth-order valence-corrected chi connectivity index (χ4v) is 1.65. The van der Waals surface area contributed by atoms with Crippen LogP contribution in [-0.4, -0.2) is 41.7 Å². The Bertz CT molecular complexity index is 161. The second-order valence-corrected chi connectivity index (χ2v) is 3.23. The maximum atomic E-state index is 10.5. The van der Waals surface area contributed by atoms with Crippen molar-refractivity contribution < 1.29 is 9.90 Å². The highest BCUT2D eigenvalue weighted by Gasteiger charge is 2.23. The Morgan fingerprint density at radius 3 is 3.00 bits per heavy atom. The lowest BCUT2D eigenvalue weighted by atomic mass is 10.2. The van der Waals surface area contributed by atoms with Gasteiger partial charge in [-0.2, -0.15) is 0 Å². The van der Waals surface area contributed by atoms with Crippen LogP contribution in [0.1, 0.15) is 19.3 Å². The first kappa shape index (κ1) is 9.48. The Balaban J connectivity index is 2.26. The van der Waals surface area contributed by atoms with Gasteiger partial charge in [0.15, 0.2) is 0 Å². The number of rotatable bonds is 4. The van der Waals surface area contributed by atoms with E-state index >= 15 is 0 Å². The minimum Gasteiger partial charge on any atom is -0.395 e. The predicted molar refractivity (Wildman–Crippen MR) is 45.5 cm³/mol. The van der Waals surface area contributed by atoms with Gasteiger partial charge in [-0.05, 0) is 19.4 Å². The number of nitrogens with two attached hydrogens (primary N) is 1. The molecule has 0 unspecified atom stereocenters. The molecule has 1 saturated heterocycles. The Morgan fingerprint density at radius 1 is 1.67 bits per heavy atom. The largest absolute Gasteiger partial charge is 0.395 e. The second-order valence-electron chi connectivity index (χ2n) is 3.23. The van der Waals surface area contributed by atoms with Gasteiger partial charge < -0.3 is 10.8 Å². The van der Waals surface area contributed by atoms with E-state index in [-0.39, 0.29) is 18.6 Å². The van der Waals surface area contributed by atoms with Crippen LogP contribution in [0, 0.1) is 0 Å². The van der Waals surface area contributed by atoms with Gasteiger partial charge in [0.2, 0.25) is 5.91 Å². The summed E-state index contributed by atoms with van der Waals surface area (Å²) in [4.78, 5) is 12.6. The first-order valence-corrected chi connectivity index (χ1v) is 4.37. The minimum absolute atomic E-state index is 0.193. The molecule has 0 aromatic carbocycles. The quantitative estimate of drug-likeness (QED) is 0.590. The van der Waals surface area contributed by atoms with Gasteiger partial charge in [0.1, 0.15) is 0 Å². The molecule has 0 radical (unpaired) electrons. The van der Waals surface area contributed by atoms with E-state index in [1.807, 2.05) is 0 Å². The predicted octanol–water partition coefficient (Wildman–Crippen LogP) is -0.681. The van der Waals surface area contributed by atoms with Crippen LogP contribution in [0.15, 0.2) is 0 Å². The molecule has 1 amide bonds. The van der Waals surface area contributed by atoms with Crippen LogP contribution in [0.5, 0.6) is 0 Å². The number of nitrogens with zero attached hydrogens (tertiary/aromatic N) is 1. The van der Waals surface area contributed by atoms with E-state index in [4.69, 9.17) is 10.8 Å². The van der Waals surface area contributed by atoms with Crippen LogP contribution < -0.4 is 5.73 Å². The fourth-order valence-electron chi connectivity index (χ4n) is 1.65. The number of carbonyl (C=O) groups excluding carboxylic acids is 1. The van der Waals surface area contributed by atoms with Crippen molar-refractivity contribution in [3.8, 4) is 0 Å². The van der Waals surface area contributed by atoms with E-state index in [1.54, 1.807) is 0 Å². The number of primary amides is 1. The summed E-state index contributed by atoms with van der Waals surface area (Å²) in [5.41, 5.74) is 5.03. The molecule has 1 atom stereocenters. The lowest BCUT2D eigenvalue weighted by Crippen LogP contribution is -2.34. The molecule has 1 rings (SSSR count). The number of aliphatic hydroxyl groups excluding tert-OH is 1. The standard InChI is InChI=1S/C8H16N2O2/c9-8(12)3-5-10-4-1-2-7(10)6-11/h7,11H,1-6H2,(H2,9,12)/t7-/m1/s1. The zero-order chi connectivity index (χ0) is 8.97. The number of hydrogen-bond donors (Lipinski definition) is 2. The number of hydrogen-bond acceptors (Lipinski definition) is 3. The molecule has 1 fully saturated rings. The van der Waals surface area contributed by atoms with Crippen molar-refractivity contribution in [1.82, 2.24) is 4.90 Å². The van der Waals surface area contributed by atoms with E-state index in [1.165, 1.54) is 0 Å². The van der Waals surface area contributed by atoms with Gasteiger partial charge in [0.05, 0.1) is 6.61 Å². The van der Waals surface area contributed by atoms with Gasteiger partial charge in [-0.1, -0.05) is 0 Å². The Kier molecular flexibility index (Phi) is 3.49. The van der Waals surface area contributed by atoms with Crippen molar-refractivity contribution in [2.75, 3.05) is 19.7 Å². The van der Waals surface area contributed by atoms with E-state index in [9.17, 15) is 4.79 Å². The fraction of sp³-hybridized carbons (Fsp3) is 0.875. The summed E-state index contributed by atoms with van der Waals surface area (Å²) in [6.07, 6.45) is 2.55. The van der Waals surface area contributed by atoms with Gasteiger partial charge in [-0.15, -0.1) is 0 Å². The Morgan fingerprint density at radius 2 is 2.42 bits per heavy atom. The van der Waals surface area contributed by atoms with Gasteiger partial charge in [0.25, 0.3) is 0 Å². The Hall–Kier alpha value is -0.610. The van der Waals surface area contributed by atoms with Crippen molar-refractivity contribution in [2.24, 2.45) is 5.73 Å². The highest BCUT2D eigenvalue weighted by atomic mass is 16.3. The third-order valence-electron chi connectivity index (χ3n) is 2.36. The zero-order valence-electron chi connectivity index (χ0n) is 7.20. The molecular weight excluding hydrogens is 156 g/mol. The van der Waals surface area contributed by atoms with Crippen molar-refractivity contribution in [3.63, 3.8) is 0 Å². The van der Waals surface area contributed by atoms with E-state index in [0.717, 1.165) is 19.4 Å². The lowest BCUT2D eigenvalue weighted by molar-refractivity contribution is -0.118. The zero-order valence-corrected chi connectivity index (χ0v) is 7.20. The minimum atomic E-state index is -0.265. The summed E-state index contributed by atoms with van der Waals surface area (Å²) in [6, 6.07) is 0.254. The Labute approximate surface area is 72.3 Å². The second kappa shape index (κ2) is 4.42. The molecule has 1 aliphatic heterocycles. The maximum Gasteiger partial charge on any atom is 0.218 e. The van der Waals surface area contributed by atoms with E-state index in [0.29, 0.717) is 13.0 Å². The third-order valence-corrected chi connectivity index (χ3v) is 2.36. The van der Waals surface area contributed by atoms with Gasteiger partial charge in [-0.25, -0.2) is 0 Å². The first-order chi connectivity index (χ1) is 5.74. The van der Waals surface area contributed by atoms with Crippen LogP contribution in [0.2, 0.25) is 0 Å². The van der Waals surface area contributed by atoms with Crippen molar-refractivity contribution in [3.05, 3.63) is 0 Å². The number of carbonyl (C=O) groups is 1. The van der Waals surface area contributed by atoms with Crippen LogP contribution in [0.4, 0.5) is 0 Å². The molecule has 0 aromatic heterocycles. The van der Waals surface area contributed by atoms with Crippen LogP contribution >= 0.6 is 0 Å². The molecule has 0 spiro atoms. The normalized spacial score (nSPS) is 24.6. The average molecular weight is 172 g/mol. The summed E-state index contributed by atoms with van der Waals surface area (Å²) in [5, 5.41) is 8.94. The smallest absolute Gasteiger partial charge is 0.218 e. The first-order valence-electron chi connectivity index (χ1n) is 4.37. The monoisotopic (exact) mass is 172 g/mol. The number of aliphatic hydroxyl groups is 1. The lowest BCUT2D eigenvalue weighted by Gasteiger charge is -2.21. The summed E-state index contributed by atoms with van der Waals surface area (Å²) >= 11 is 0. The van der Waals surface area contributed by atoms with Crippen LogP contribution in [0.25, 0.3) is 0 Å². The number of likely N-dealkylation sites (tertiary alicyclic amines) is 1.